The van der Waals surface area contributed by atoms with Crippen LogP contribution in [0.4, 0.5) is 0 Å². The number of hydrogen-bond donors (Lipinski definition) is 1. The molecule has 0 radical (unpaired) electrons. The third-order valence-electron chi connectivity index (χ3n) is 2.54. The van der Waals surface area contributed by atoms with E-state index in [4.69, 9.17) is 14.2 Å². The molecule has 1 fully saturated rings. The van der Waals surface area contributed by atoms with E-state index in [1.54, 1.807) is 7.11 Å². The summed E-state index contributed by atoms with van der Waals surface area (Å²) >= 11 is 0. The second-order valence-electron chi connectivity index (χ2n) is 3.83. The lowest BCUT2D eigenvalue weighted by molar-refractivity contribution is 0.0177. The second-order valence-corrected chi connectivity index (χ2v) is 3.83. The number of hydrogen-bond acceptors (Lipinski definition) is 4. The monoisotopic (exact) mass is 217 g/mol. The molecule has 0 aromatic rings. The Morgan fingerprint density at radius 2 is 1.87 bits per heavy atom. The first-order chi connectivity index (χ1) is 7.43. The predicted molar refractivity (Wildman–Crippen MR) is 59.2 cm³/mol. The Labute approximate surface area is 92.3 Å². The molecular formula is C11H23NO3. The molecule has 0 bridgehead atoms. The molecule has 0 aliphatic carbocycles. The molecule has 4 nitrogen and oxygen atoms in total. The fourth-order valence-electron chi connectivity index (χ4n) is 1.65. The van der Waals surface area contributed by atoms with Crippen molar-refractivity contribution in [2.75, 3.05) is 46.7 Å². The summed E-state index contributed by atoms with van der Waals surface area (Å²) in [4.78, 5) is 0. The zero-order chi connectivity index (χ0) is 10.8. The van der Waals surface area contributed by atoms with E-state index in [1.165, 1.54) is 19.3 Å². The first kappa shape index (κ1) is 12.9. The summed E-state index contributed by atoms with van der Waals surface area (Å²) in [6.07, 6.45) is 3.87. The van der Waals surface area contributed by atoms with Crippen LogP contribution in [0.2, 0.25) is 0 Å². The van der Waals surface area contributed by atoms with Gasteiger partial charge in [0.2, 0.25) is 0 Å². The summed E-state index contributed by atoms with van der Waals surface area (Å²) in [6, 6.07) is 0.553. The molecule has 0 unspecified atom stereocenters. The Hall–Kier alpha value is -0.160. The largest absolute Gasteiger partial charge is 0.382 e. The van der Waals surface area contributed by atoms with Crippen molar-refractivity contribution in [1.29, 1.82) is 0 Å². The van der Waals surface area contributed by atoms with Gasteiger partial charge in [0.05, 0.1) is 33.0 Å². The van der Waals surface area contributed by atoms with Crippen molar-refractivity contribution in [3.63, 3.8) is 0 Å². The Morgan fingerprint density at radius 1 is 1.07 bits per heavy atom. The van der Waals surface area contributed by atoms with Gasteiger partial charge in [-0.2, -0.15) is 0 Å². The lowest BCUT2D eigenvalue weighted by Gasteiger charge is -2.23. The summed E-state index contributed by atoms with van der Waals surface area (Å²) < 4.78 is 15.7. The molecule has 90 valence electrons. The number of nitrogens with one attached hydrogen (secondary N) is 1. The molecule has 0 amide bonds. The van der Waals surface area contributed by atoms with Crippen molar-refractivity contribution in [3.05, 3.63) is 0 Å². The SMILES string of the molecule is COCCOCCOC[C@H]1CCCCN1. The minimum Gasteiger partial charge on any atom is -0.382 e. The van der Waals surface area contributed by atoms with Gasteiger partial charge in [0.1, 0.15) is 0 Å². The van der Waals surface area contributed by atoms with Crippen molar-refractivity contribution < 1.29 is 14.2 Å². The normalized spacial score (nSPS) is 21.8. The highest BCUT2D eigenvalue weighted by Crippen LogP contribution is 2.06. The van der Waals surface area contributed by atoms with Crippen molar-refractivity contribution in [1.82, 2.24) is 5.32 Å². The summed E-state index contributed by atoms with van der Waals surface area (Å²) in [7, 11) is 1.68. The van der Waals surface area contributed by atoms with Gasteiger partial charge in [-0.15, -0.1) is 0 Å². The molecule has 1 N–H and O–H groups in total. The molecule has 1 saturated heterocycles. The van der Waals surface area contributed by atoms with Crippen LogP contribution < -0.4 is 5.32 Å². The Kier molecular flexibility index (Phi) is 7.83. The Balaban J connectivity index is 1.79. The highest BCUT2D eigenvalue weighted by atomic mass is 16.5. The number of rotatable bonds is 8. The molecule has 0 saturated carbocycles. The average molecular weight is 217 g/mol. The summed E-state index contributed by atoms with van der Waals surface area (Å²) in [5.74, 6) is 0. The van der Waals surface area contributed by atoms with E-state index in [-0.39, 0.29) is 0 Å². The second kappa shape index (κ2) is 9.09. The first-order valence-corrected chi connectivity index (χ1v) is 5.81. The molecule has 1 aliphatic heterocycles. The smallest absolute Gasteiger partial charge is 0.0701 e. The molecule has 0 aromatic carbocycles. The summed E-state index contributed by atoms with van der Waals surface area (Å²) in [5.41, 5.74) is 0. The third kappa shape index (κ3) is 6.84. The topological polar surface area (TPSA) is 39.7 Å². The highest BCUT2D eigenvalue weighted by molar-refractivity contribution is 4.71. The van der Waals surface area contributed by atoms with Crippen molar-refractivity contribution >= 4 is 0 Å². The van der Waals surface area contributed by atoms with Crippen LogP contribution in [-0.2, 0) is 14.2 Å². The van der Waals surface area contributed by atoms with E-state index in [0.29, 0.717) is 32.5 Å². The maximum absolute atomic E-state index is 5.53. The van der Waals surface area contributed by atoms with E-state index in [2.05, 4.69) is 5.32 Å². The van der Waals surface area contributed by atoms with E-state index < -0.39 is 0 Å². The fraction of sp³-hybridized carbons (Fsp3) is 1.00. The highest BCUT2D eigenvalue weighted by Gasteiger charge is 2.11. The van der Waals surface area contributed by atoms with Crippen LogP contribution >= 0.6 is 0 Å². The van der Waals surface area contributed by atoms with Gasteiger partial charge in [-0.25, -0.2) is 0 Å². The maximum atomic E-state index is 5.53. The van der Waals surface area contributed by atoms with Gasteiger partial charge in [0.25, 0.3) is 0 Å². The zero-order valence-electron chi connectivity index (χ0n) is 9.67. The quantitative estimate of drug-likeness (QED) is 0.611. The van der Waals surface area contributed by atoms with Gasteiger partial charge in [0, 0.05) is 13.2 Å². The molecule has 0 aromatic heterocycles. The van der Waals surface area contributed by atoms with Crippen LogP contribution in [-0.4, -0.2) is 52.7 Å². The predicted octanol–water partition coefficient (Wildman–Crippen LogP) is 0.808. The van der Waals surface area contributed by atoms with Gasteiger partial charge in [-0.3, -0.25) is 0 Å². The zero-order valence-corrected chi connectivity index (χ0v) is 9.67. The molecule has 1 atom stereocenters. The standard InChI is InChI=1S/C11H23NO3/c1-13-6-7-14-8-9-15-10-11-4-2-3-5-12-11/h11-12H,2-10H2,1H3/t11-/m1/s1. The minimum atomic E-state index is 0.553. The molecule has 1 heterocycles. The Morgan fingerprint density at radius 3 is 2.60 bits per heavy atom. The Bertz CT molecular complexity index is 138. The summed E-state index contributed by atoms with van der Waals surface area (Å²) in [5, 5.41) is 3.44. The minimum absolute atomic E-state index is 0.553. The van der Waals surface area contributed by atoms with Gasteiger partial charge in [0.15, 0.2) is 0 Å². The van der Waals surface area contributed by atoms with Crippen LogP contribution in [0.3, 0.4) is 0 Å². The van der Waals surface area contributed by atoms with Crippen molar-refractivity contribution in [2.24, 2.45) is 0 Å². The van der Waals surface area contributed by atoms with Crippen molar-refractivity contribution in [2.45, 2.75) is 25.3 Å². The van der Waals surface area contributed by atoms with E-state index in [1.807, 2.05) is 0 Å². The van der Waals surface area contributed by atoms with E-state index in [0.717, 1.165) is 13.2 Å². The van der Waals surface area contributed by atoms with Gasteiger partial charge in [-0.1, -0.05) is 6.42 Å². The number of piperidine rings is 1. The summed E-state index contributed by atoms with van der Waals surface area (Å²) in [6.45, 7) is 4.61. The van der Waals surface area contributed by atoms with Gasteiger partial charge in [-0.05, 0) is 19.4 Å². The number of methoxy groups -OCH3 is 1. The molecular weight excluding hydrogens is 194 g/mol. The van der Waals surface area contributed by atoms with Gasteiger partial charge >= 0.3 is 0 Å². The van der Waals surface area contributed by atoms with Crippen LogP contribution in [0, 0.1) is 0 Å². The average Bonchev–Trinajstić information content (AvgIpc) is 2.29. The fourth-order valence-corrected chi connectivity index (χ4v) is 1.65. The van der Waals surface area contributed by atoms with E-state index in [9.17, 15) is 0 Å². The molecule has 1 aliphatic rings. The van der Waals surface area contributed by atoms with Gasteiger partial charge < -0.3 is 19.5 Å². The molecule has 15 heavy (non-hydrogen) atoms. The van der Waals surface area contributed by atoms with Crippen molar-refractivity contribution in [3.8, 4) is 0 Å². The maximum Gasteiger partial charge on any atom is 0.0701 e. The van der Waals surface area contributed by atoms with Crippen LogP contribution in [0.1, 0.15) is 19.3 Å². The third-order valence-corrected chi connectivity index (χ3v) is 2.54. The number of ether oxygens (including phenoxy) is 3. The lowest BCUT2D eigenvalue weighted by atomic mass is 10.1. The van der Waals surface area contributed by atoms with E-state index >= 15 is 0 Å². The molecule has 0 spiro atoms. The van der Waals surface area contributed by atoms with Crippen LogP contribution in [0.25, 0.3) is 0 Å². The first-order valence-electron chi connectivity index (χ1n) is 5.81. The van der Waals surface area contributed by atoms with Crippen LogP contribution in [0.15, 0.2) is 0 Å². The lowest BCUT2D eigenvalue weighted by Crippen LogP contribution is -2.37. The molecule has 4 heteroatoms. The molecule has 1 rings (SSSR count). The van der Waals surface area contributed by atoms with Crippen LogP contribution in [0.5, 0.6) is 0 Å².